The van der Waals surface area contributed by atoms with Gasteiger partial charge >= 0.3 is 5.69 Å². The standard InChI is InChI=1S/C20H23N3O2/c1-25-20-7-11-5-12(8-20)17(13(6-11)9-20)23-18-14-3-2-4-15(14)21-10-16(18)22-19(23)24/h2-3,10-13,17H,4-9H2,1H3,(H,22,24). The van der Waals surface area contributed by atoms with E-state index in [-0.39, 0.29) is 11.3 Å². The van der Waals surface area contributed by atoms with Gasteiger partial charge in [0.25, 0.3) is 0 Å². The number of hydrogen-bond acceptors (Lipinski definition) is 3. The first-order valence-electron chi connectivity index (χ1n) is 9.51. The van der Waals surface area contributed by atoms with Gasteiger partial charge in [0.1, 0.15) is 0 Å². The fourth-order valence-corrected chi connectivity index (χ4v) is 6.69. The van der Waals surface area contributed by atoms with E-state index in [0.29, 0.717) is 17.9 Å². The van der Waals surface area contributed by atoms with Crippen LogP contribution in [0.5, 0.6) is 0 Å². The molecule has 25 heavy (non-hydrogen) atoms. The van der Waals surface area contributed by atoms with E-state index < -0.39 is 0 Å². The molecular weight excluding hydrogens is 314 g/mol. The molecule has 0 spiro atoms. The fraction of sp³-hybridized carbons (Fsp3) is 0.600. The van der Waals surface area contributed by atoms with Crippen molar-refractivity contribution in [2.24, 2.45) is 17.8 Å². The Hall–Kier alpha value is -1.88. The van der Waals surface area contributed by atoms with Crippen molar-refractivity contribution >= 4 is 17.1 Å². The predicted octanol–water partition coefficient (Wildman–Crippen LogP) is 3.06. The minimum Gasteiger partial charge on any atom is -0.378 e. The first kappa shape index (κ1) is 14.3. The van der Waals surface area contributed by atoms with Gasteiger partial charge in [-0.1, -0.05) is 12.2 Å². The maximum absolute atomic E-state index is 12.9. The average molecular weight is 337 g/mol. The van der Waals surface area contributed by atoms with E-state index in [1.165, 1.54) is 19.3 Å². The summed E-state index contributed by atoms with van der Waals surface area (Å²) in [5, 5.41) is 0. The first-order chi connectivity index (χ1) is 12.2. The number of hydrogen-bond donors (Lipinski definition) is 1. The van der Waals surface area contributed by atoms with Crippen molar-refractivity contribution in [2.75, 3.05) is 7.11 Å². The third-order valence-electron chi connectivity index (χ3n) is 7.37. The van der Waals surface area contributed by atoms with E-state index in [9.17, 15) is 4.79 Å². The Bertz CT molecular complexity index is 953. The van der Waals surface area contributed by atoms with E-state index in [0.717, 1.165) is 47.5 Å². The first-order valence-corrected chi connectivity index (χ1v) is 9.51. The Morgan fingerprint density at radius 2 is 2.08 bits per heavy atom. The lowest BCUT2D eigenvalue weighted by Crippen LogP contribution is -2.56. The Balaban J connectivity index is 1.55. The Morgan fingerprint density at radius 3 is 2.84 bits per heavy atom. The molecule has 0 aliphatic heterocycles. The summed E-state index contributed by atoms with van der Waals surface area (Å²) in [5.74, 6) is 1.89. The topological polar surface area (TPSA) is 59.9 Å². The number of H-pyrrole nitrogens is 1. The highest BCUT2D eigenvalue weighted by molar-refractivity contribution is 5.87. The number of nitrogens with one attached hydrogen (secondary N) is 1. The normalized spacial score (nSPS) is 38.0. The average Bonchev–Trinajstić information content (AvgIpc) is 3.18. The lowest BCUT2D eigenvalue weighted by atomic mass is 9.52. The molecule has 2 unspecified atom stereocenters. The molecule has 5 aliphatic rings. The number of fused-ring (bicyclic) bond motifs is 3. The summed E-state index contributed by atoms with van der Waals surface area (Å²) in [4.78, 5) is 20.5. The van der Waals surface area contributed by atoms with Crippen molar-refractivity contribution in [3.05, 3.63) is 34.0 Å². The zero-order chi connectivity index (χ0) is 16.8. The summed E-state index contributed by atoms with van der Waals surface area (Å²) in [7, 11) is 1.88. The van der Waals surface area contributed by atoms with Gasteiger partial charge in [-0.15, -0.1) is 0 Å². The van der Waals surface area contributed by atoms with Crippen LogP contribution in [0.4, 0.5) is 0 Å². The summed E-state index contributed by atoms with van der Waals surface area (Å²) in [5.41, 5.74) is 4.31. The van der Waals surface area contributed by atoms with E-state index in [1.54, 1.807) is 0 Å². The summed E-state index contributed by atoms with van der Waals surface area (Å²) < 4.78 is 8.09. The number of ether oxygens (including phenoxy) is 1. The van der Waals surface area contributed by atoms with Gasteiger partial charge in [-0.05, 0) is 49.9 Å². The molecule has 2 heterocycles. The van der Waals surface area contributed by atoms with Gasteiger partial charge in [-0.3, -0.25) is 9.55 Å². The number of imidazole rings is 1. The minimum absolute atomic E-state index is 0.0365. The molecule has 0 aromatic carbocycles. The summed E-state index contributed by atoms with van der Waals surface area (Å²) in [6, 6.07) is 0.307. The fourth-order valence-electron chi connectivity index (χ4n) is 6.69. The van der Waals surface area contributed by atoms with Crippen molar-refractivity contribution in [1.82, 2.24) is 14.5 Å². The Kier molecular flexibility index (Phi) is 2.65. The molecule has 4 saturated carbocycles. The maximum Gasteiger partial charge on any atom is 0.326 e. The largest absolute Gasteiger partial charge is 0.378 e. The zero-order valence-electron chi connectivity index (χ0n) is 14.5. The number of rotatable bonds is 2. The highest BCUT2D eigenvalue weighted by Crippen LogP contribution is 2.61. The molecule has 5 aliphatic carbocycles. The second-order valence-corrected chi connectivity index (χ2v) is 8.64. The number of methoxy groups -OCH3 is 1. The van der Waals surface area contributed by atoms with Gasteiger partial charge < -0.3 is 9.72 Å². The molecule has 0 radical (unpaired) electrons. The molecule has 7 rings (SSSR count). The molecule has 4 fully saturated rings. The van der Waals surface area contributed by atoms with Gasteiger partial charge in [0.15, 0.2) is 0 Å². The van der Waals surface area contributed by atoms with Crippen molar-refractivity contribution < 1.29 is 4.74 Å². The predicted molar refractivity (Wildman–Crippen MR) is 95.4 cm³/mol. The SMILES string of the molecule is COC12CC3CC(C1)C(n1c(=O)[nH]c4cnc5c(c41)C=CC5)C(C3)C2. The quantitative estimate of drug-likeness (QED) is 0.916. The second kappa shape index (κ2) is 4.64. The summed E-state index contributed by atoms with van der Waals surface area (Å²) >= 11 is 0. The van der Waals surface area contributed by atoms with Gasteiger partial charge in [0.05, 0.1) is 28.5 Å². The van der Waals surface area contributed by atoms with Crippen LogP contribution in [0.3, 0.4) is 0 Å². The van der Waals surface area contributed by atoms with E-state index >= 15 is 0 Å². The van der Waals surface area contributed by atoms with E-state index in [1.807, 2.05) is 13.3 Å². The summed E-state index contributed by atoms with van der Waals surface area (Å²) in [6.45, 7) is 0. The molecule has 5 heteroatoms. The number of allylic oxidation sites excluding steroid dienone is 1. The lowest BCUT2D eigenvalue weighted by molar-refractivity contribution is -0.164. The van der Waals surface area contributed by atoms with Crippen LogP contribution in [0.25, 0.3) is 17.1 Å². The van der Waals surface area contributed by atoms with Crippen molar-refractivity contribution in [2.45, 2.75) is 50.2 Å². The highest BCUT2D eigenvalue weighted by atomic mass is 16.5. The second-order valence-electron chi connectivity index (χ2n) is 8.64. The van der Waals surface area contributed by atoms with Gasteiger partial charge in [-0.2, -0.15) is 0 Å². The highest BCUT2D eigenvalue weighted by Gasteiger charge is 2.56. The molecule has 130 valence electrons. The summed E-state index contributed by atoms with van der Waals surface area (Å²) in [6.07, 6.45) is 12.9. The molecule has 0 saturated heterocycles. The van der Waals surface area contributed by atoms with Crippen LogP contribution in [0, 0.1) is 17.8 Å². The van der Waals surface area contributed by atoms with E-state index in [4.69, 9.17) is 4.74 Å². The van der Waals surface area contributed by atoms with Crippen LogP contribution >= 0.6 is 0 Å². The smallest absolute Gasteiger partial charge is 0.326 e. The van der Waals surface area contributed by atoms with Crippen LogP contribution in [-0.4, -0.2) is 27.2 Å². The van der Waals surface area contributed by atoms with Crippen molar-refractivity contribution in [3.8, 4) is 0 Å². The van der Waals surface area contributed by atoms with Crippen LogP contribution in [-0.2, 0) is 11.2 Å². The Morgan fingerprint density at radius 1 is 1.28 bits per heavy atom. The van der Waals surface area contributed by atoms with Gasteiger partial charge in [0, 0.05) is 25.1 Å². The molecule has 2 atom stereocenters. The molecule has 5 nitrogen and oxygen atoms in total. The number of aromatic amines is 1. The monoisotopic (exact) mass is 337 g/mol. The van der Waals surface area contributed by atoms with Crippen LogP contribution in [0.1, 0.15) is 49.4 Å². The Labute approximate surface area is 146 Å². The molecule has 0 amide bonds. The third kappa shape index (κ3) is 1.77. The lowest BCUT2D eigenvalue weighted by Gasteiger charge is -2.59. The number of aromatic nitrogens is 3. The van der Waals surface area contributed by atoms with Crippen LogP contribution in [0.2, 0.25) is 0 Å². The molecule has 2 aromatic heterocycles. The third-order valence-corrected chi connectivity index (χ3v) is 7.37. The van der Waals surface area contributed by atoms with Gasteiger partial charge in [-0.25, -0.2) is 4.79 Å². The van der Waals surface area contributed by atoms with Crippen LogP contribution in [0.15, 0.2) is 17.1 Å². The van der Waals surface area contributed by atoms with Crippen molar-refractivity contribution in [3.63, 3.8) is 0 Å². The van der Waals surface area contributed by atoms with Crippen molar-refractivity contribution in [1.29, 1.82) is 0 Å². The number of nitrogens with zero attached hydrogens (tertiary/aromatic N) is 2. The molecule has 4 bridgehead atoms. The minimum atomic E-state index is 0.0365. The maximum atomic E-state index is 12.9. The zero-order valence-corrected chi connectivity index (χ0v) is 14.5. The van der Waals surface area contributed by atoms with Crippen LogP contribution < -0.4 is 5.69 Å². The van der Waals surface area contributed by atoms with Gasteiger partial charge in [0.2, 0.25) is 0 Å². The van der Waals surface area contributed by atoms with E-state index in [2.05, 4.69) is 26.7 Å². The molecular formula is C20H23N3O2. The molecule has 1 N–H and O–H groups in total. The molecule has 2 aromatic rings. The number of pyridine rings is 1.